The van der Waals surface area contributed by atoms with Crippen LogP contribution in [0.3, 0.4) is 0 Å². The maximum absolute atomic E-state index is 12.2. The molecule has 0 aromatic heterocycles. The molecule has 0 N–H and O–H groups in total. The van der Waals surface area contributed by atoms with E-state index in [0.29, 0.717) is 5.76 Å². The summed E-state index contributed by atoms with van der Waals surface area (Å²) in [5, 5.41) is 0. The molecule has 0 aliphatic heterocycles. The van der Waals surface area contributed by atoms with Crippen molar-refractivity contribution in [2.24, 2.45) is 0 Å². The lowest BCUT2D eigenvalue weighted by Crippen LogP contribution is -2.00. The van der Waals surface area contributed by atoms with Gasteiger partial charge in [0.1, 0.15) is 5.76 Å². The molecule has 4 nitrogen and oxygen atoms in total. The molecular weight excluding hydrogens is 319 g/mol. The summed E-state index contributed by atoms with van der Waals surface area (Å²) in [6, 6.07) is 9.30. The Kier molecular flexibility index (Phi) is 6.65. The maximum Gasteiger partial charge on any atom is 0.530 e. The molecule has 6 heteroatoms. The molecule has 0 fully saturated rings. The zero-order valence-electron chi connectivity index (χ0n) is 10.3. The number of rotatable bonds is 7. The van der Waals surface area contributed by atoms with Crippen molar-refractivity contribution in [3.8, 4) is 0 Å². The minimum absolute atomic E-state index is 0.252. The van der Waals surface area contributed by atoms with Gasteiger partial charge >= 0.3 is 7.82 Å². The number of hydrogen-bond donors (Lipinski definition) is 0. The van der Waals surface area contributed by atoms with E-state index in [-0.39, 0.29) is 13.2 Å². The van der Waals surface area contributed by atoms with Crippen LogP contribution in [0.5, 0.6) is 0 Å². The molecule has 1 aromatic rings. The Morgan fingerprint density at radius 2 is 1.78 bits per heavy atom. The van der Waals surface area contributed by atoms with Gasteiger partial charge in [-0.3, -0.25) is 9.05 Å². The fraction of sp³-hybridized carbons (Fsp3) is 0.333. The third kappa shape index (κ3) is 4.58. The van der Waals surface area contributed by atoms with E-state index >= 15 is 0 Å². The van der Waals surface area contributed by atoms with E-state index in [1.54, 1.807) is 18.8 Å². The van der Waals surface area contributed by atoms with Crippen molar-refractivity contribution in [1.82, 2.24) is 0 Å². The molecule has 0 amide bonds. The summed E-state index contributed by atoms with van der Waals surface area (Å²) in [6.07, 6.45) is 0. The van der Waals surface area contributed by atoms with Gasteiger partial charge in [0.05, 0.1) is 13.2 Å². The Labute approximate surface area is 116 Å². The second-order valence-electron chi connectivity index (χ2n) is 3.21. The van der Waals surface area contributed by atoms with Gasteiger partial charge in [0, 0.05) is 10.5 Å². The van der Waals surface area contributed by atoms with Crippen LogP contribution in [0, 0.1) is 0 Å². The predicted octanol–water partition coefficient (Wildman–Crippen LogP) is 4.58. The van der Waals surface area contributed by atoms with Crippen molar-refractivity contribution in [3.05, 3.63) is 40.9 Å². The van der Waals surface area contributed by atoms with Gasteiger partial charge in [-0.25, -0.2) is 4.57 Å². The number of phosphoric ester groups is 1. The van der Waals surface area contributed by atoms with Crippen LogP contribution in [-0.4, -0.2) is 13.2 Å². The zero-order chi connectivity index (χ0) is 13.4. The van der Waals surface area contributed by atoms with Gasteiger partial charge in [-0.05, 0) is 13.8 Å². The topological polar surface area (TPSA) is 44.8 Å². The minimum Gasteiger partial charge on any atom is -0.403 e. The highest BCUT2D eigenvalue weighted by Crippen LogP contribution is 2.52. The second-order valence-corrected chi connectivity index (χ2v) is 5.26. The average Bonchev–Trinajstić information content (AvgIpc) is 2.38. The fourth-order valence-corrected chi connectivity index (χ4v) is 2.98. The van der Waals surface area contributed by atoms with Crippen molar-refractivity contribution in [2.75, 3.05) is 13.2 Å². The first kappa shape index (κ1) is 15.4. The van der Waals surface area contributed by atoms with Gasteiger partial charge in [0.25, 0.3) is 0 Å². The molecule has 0 aliphatic rings. The standard InChI is InChI=1S/C12H16BrO4P/c1-3-15-18(14,16-4-2)17-12(10-13)11-8-6-5-7-9-11/h5-10H,3-4H2,1-2H3. The third-order valence-electron chi connectivity index (χ3n) is 1.94. The molecule has 18 heavy (non-hydrogen) atoms. The normalized spacial score (nSPS) is 12.5. The van der Waals surface area contributed by atoms with Crippen LogP contribution in [0.4, 0.5) is 0 Å². The Morgan fingerprint density at radius 3 is 2.22 bits per heavy atom. The van der Waals surface area contributed by atoms with Crippen LogP contribution < -0.4 is 0 Å². The smallest absolute Gasteiger partial charge is 0.403 e. The Morgan fingerprint density at radius 1 is 1.22 bits per heavy atom. The lowest BCUT2D eigenvalue weighted by Gasteiger charge is -2.18. The van der Waals surface area contributed by atoms with Gasteiger partial charge in [-0.2, -0.15) is 0 Å². The Bertz CT molecular complexity index is 423. The van der Waals surface area contributed by atoms with Crippen LogP contribution >= 0.6 is 23.8 Å². The van der Waals surface area contributed by atoms with Crippen LogP contribution in [0.15, 0.2) is 35.3 Å². The number of phosphoric acid groups is 1. The first-order valence-electron chi connectivity index (χ1n) is 5.59. The zero-order valence-corrected chi connectivity index (χ0v) is 12.8. The molecule has 0 atom stereocenters. The van der Waals surface area contributed by atoms with E-state index < -0.39 is 7.82 Å². The quantitative estimate of drug-likeness (QED) is 0.541. The molecule has 0 spiro atoms. The molecule has 0 bridgehead atoms. The minimum atomic E-state index is -3.56. The fourth-order valence-electron chi connectivity index (χ4n) is 1.26. The second kappa shape index (κ2) is 7.74. The lowest BCUT2D eigenvalue weighted by molar-refractivity contribution is 0.159. The van der Waals surface area contributed by atoms with Crippen molar-refractivity contribution in [1.29, 1.82) is 0 Å². The highest BCUT2D eigenvalue weighted by molar-refractivity contribution is 9.11. The number of hydrogen-bond acceptors (Lipinski definition) is 4. The summed E-state index contributed by atoms with van der Waals surface area (Å²) in [7, 11) is -3.56. The van der Waals surface area contributed by atoms with Crippen LogP contribution in [0.1, 0.15) is 19.4 Å². The van der Waals surface area contributed by atoms with Gasteiger partial charge in [0.2, 0.25) is 0 Å². The van der Waals surface area contributed by atoms with Crippen LogP contribution in [0.25, 0.3) is 5.76 Å². The van der Waals surface area contributed by atoms with Crippen LogP contribution in [-0.2, 0) is 18.1 Å². The first-order chi connectivity index (χ1) is 8.65. The maximum atomic E-state index is 12.2. The molecule has 0 saturated carbocycles. The summed E-state index contributed by atoms with van der Waals surface area (Å²) < 4.78 is 27.8. The van der Waals surface area contributed by atoms with Crippen molar-refractivity contribution >= 4 is 29.5 Å². The molecule has 1 aromatic carbocycles. The van der Waals surface area contributed by atoms with E-state index in [4.69, 9.17) is 13.6 Å². The third-order valence-corrected chi connectivity index (χ3v) is 3.93. The van der Waals surface area contributed by atoms with E-state index in [1.165, 1.54) is 0 Å². The molecule has 0 aliphatic carbocycles. The van der Waals surface area contributed by atoms with Crippen molar-refractivity contribution in [2.45, 2.75) is 13.8 Å². The predicted molar refractivity (Wildman–Crippen MR) is 75.3 cm³/mol. The van der Waals surface area contributed by atoms with E-state index in [2.05, 4.69) is 15.9 Å². The summed E-state index contributed by atoms with van der Waals surface area (Å²) in [5.41, 5.74) is 0.786. The summed E-state index contributed by atoms with van der Waals surface area (Å²) in [5.74, 6) is 0.404. The molecule has 0 unspecified atom stereocenters. The average molecular weight is 335 g/mol. The van der Waals surface area contributed by atoms with Crippen molar-refractivity contribution < 1.29 is 18.1 Å². The Hall–Kier alpha value is -0.610. The van der Waals surface area contributed by atoms with Gasteiger partial charge < -0.3 is 4.52 Å². The molecule has 0 radical (unpaired) electrons. The van der Waals surface area contributed by atoms with E-state index in [9.17, 15) is 4.57 Å². The molecule has 100 valence electrons. The van der Waals surface area contributed by atoms with Gasteiger partial charge in [-0.15, -0.1) is 0 Å². The highest BCUT2D eigenvalue weighted by Gasteiger charge is 2.28. The van der Waals surface area contributed by atoms with Gasteiger partial charge in [-0.1, -0.05) is 46.3 Å². The summed E-state index contributed by atoms with van der Waals surface area (Å²) >= 11 is 3.19. The highest BCUT2D eigenvalue weighted by atomic mass is 79.9. The summed E-state index contributed by atoms with van der Waals surface area (Å²) in [4.78, 5) is 1.55. The summed E-state index contributed by atoms with van der Waals surface area (Å²) in [6.45, 7) is 3.97. The largest absolute Gasteiger partial charge is 0.530 e. The number of halogens is 1. The van der Waals surface area contributed by atoms with Crippen LogP contribution in [0.2, 0.25) is 0 Å². The molecule has 0 heterocycles. The first-order valence-corrected chi connectivity index (χ1v) is 7.97. The SMILES string of the molecule is CCOP(=O)(OCC)OC(=CBr)c1ccccc1. The Balaban J connectivity index is 2.88. The monoisotopic (exact) mass is 334 g/mol. The molecule has 1 rings (SSSR count). The lowest BCUT2D eigenvalue weighted by atomic mass is 10.2. The molecular formula is C12H16BrO4P. The van der Waals surface area contributed by atoms with E-state index in [1.807, 2.05) is 30.3 Å². The van der Waals surface area contributed by atoms with Crippen molar-refractivity contribution in [3.63, 3.8) is 0 Å². The number of benzene rings is 1. The van der Waals surface area contributed by atoms with E-state index in [0.717, 1.165) is 5.56 Å². The molecule has 0 saturated heterocycles. The van der Waals surface area contributed by atoms with Gasteiger partial charge in [0.15, 0.2) is 0 Å².